The molecular formula is C12H12BrClN2O. The third-order valence-corrected chi connectivity index (χ3v) is 3.62. The zero-order valence-corrected chi connectivity index (χ0v) is 11.7. The van der Waals surface area contributed by atoms with Gasteiger partial charge >= 0.3 is 0 Å². The SMILES string of the molecule is Cn1c(-c2ccccc2Br)nc(Cl)c1CCO. The Morgan fingerprint density at radius 2 is 2.12 bits per heavy atom. The number of rotatable bonds is 3. The van der Waals surface area contributed by atoms with E-state index in [1.54, 1.807) is 0 Å². The third kappa shape index (κ3) is 2.39. The quantitative estimate of drug-likeness (QED) is 0.945. The number of aliphatic hydroxyl groups excluding tert-OH is 1. The van der Waals surface area contributed by atoms with Gasteiger partial charge in [0.15, 0.2) is 5.15 Å². The molecule has 0 radical (unpaired) electrons. The first-order valence-corrected chi connectivity index (χ1v) is 6.39. The fraction of sp³-hybridized carbons (Fsp3) is 0.250. The molecule has 0 aliphatic carbocycles. The summed E-state index contributed by atoms with van der Waals surface area (Å²) in [5, 5.41) is 9.45. The number of hydrogen-bond acceptors (Lipinski definition) is 2. The Morgan fingerprint density at radius 3 is 2.76 bits per heavy atom. The molecule has 0 aliphatic heterocycles. The number of aromatic nitrogens is 2. The standard InChI is InChI=1S/C12H12BrClN2O/c1-16-10(6-7-17)11(14)15-12(16)8-4-2-3-5-9(8)13/h2-5,17H,6-7H2,1H3. The van der Waals surface area contributed by atoms with Crippen LogP contribution >= 0.6 is 27.5 Å². The van der Waals surface area contributed by atoms with Crippen LogP contribution in [0, 0.1) is 0 Å². The zero-order valence-electron chi connectivity index (χ0n) is 9.32. The Kier molecular flexibility index (Phi) is 3.86. The van der Waals surface area contributed by atoms with Crippen LogP contribution in [-0.2, 0) is 13.5 Å². The lowest BCUT2D eigenvalue weighted by molar-refractivity contribution is 0.297. The maximum atomic E-state index is 8.99. The minimum absolute atomic E-state index is 0.0641. The van der Waals surface area contributed by atoms with E-state index in [1.165, 1.54) is 0 Å². The van der Waals surface area contributed by atoms with Crippen molar-refractivity contribution in [2.45, 2.75) is 6.42 Å². The molecule has 2 aromatic rings. The second-order valence-corrected chi connectivity index (χ2v) is 4.90. The average Bonchev–Trinajstić information content (AvgIpc) is 2.58. The van der Waals surface area contributed by atoms with Crippen LogP contribution in [0.4, 0.5) is 0 Å². The lowest BCUT2D eigenvalue weighted by Gasteiger charge is -2.06. The molecule has 0 saturated carbocycles. The summed E-state index contributed by atoms with van der Waals surface area (Å²) in [5.74, 6) is 0.797. The van der Waals surface area contributed by atoms with Gasteiger partial charge in [-0.1, -0.05) is 45.7 Å². The Morgan fingerprint density at radius 1 is 1.41 bits per heavy atom. The molecule has 1 aromatic carbocycles. The fourth-order valence-corrected chi connectivity index (χ4v) is 2.52. The van der Waals surface area contributed by atoms with Gasteiger partial charge in [0.1, 0.15) is 5.82 Å². The smallest absolute Gasteiger partial charge is 0.151 e. The Labute approximate surface area is 113 Å². The van der Waals surface area contributed by atoms with Crippen LogP contribution < -0.4 is 0 Å². The van der Waals surface area contributed by atoms with E-state index >= 15 is 0 Å². The second-order valence-electron chi connectivity index (χ2n) is 3.69. The van der Waals surface area contributed by atoms with Gasteiger partial charge in [0.2, 0.25) is 0 Å². The highest BCUT2D eigenvalue weighted by Gasteiger charge is 2.15. The summed E-state index contributed by atoms with van der Waals surface area (Å²) in [5.41, 5.74) is 1.83. The minimum Gasteiger partial charge on any atom is -0.396 e. The molecule has 0 unspecified atom stereocenters. The second kappa shape index (κ2) is 5.21. The van der Waals surface area contributed by atoms with Crippen LogP contribution in [0.2, 0.25) is 5.15 Å². The largest absolute Gasteiger partial charge is 0.396 e. The van der Waals surface area contributed by atoms with Crippen molar-refractivity contribution in [2.75, 3.05) is 6.61 Å². The van der Waals surface area contributed by atoms with Gasteiger partial charge in [0, 0.05) is 30.1 Å². The van der Waals surface area contributed by atoms with Crippen LogP contribution in [0.3, 0.4) is 0 Å². The molecule has 1 N–H and O–H groups in total. The molecule has 90 valence electrons. The molecule has 2 rings (SSSR count). The van der Waals surface area contributed by atoms with Crippen molar-refractivity contribution >= 4 is 27.5 Å². The molecule has 0 spiro atoms. The van der Waals surface area contributed by atoms with E-state index in [9.17, 15) is 0 Å². The summed E-state index contributed by atoms with van der Waals surface area (Å²) in [6.07, 6.45) is 0.507. The highest BCUT2D eigenvalue weighted by atomic mass is 79.9. The average molecular weight is 316 g/mol. The molecule has 17 heavy (non-hydrogen) atoms. The molecule has 0 atom stereocenters. The first kappa shape index (κ1) is 12.6. The van der Waals surface area contributed by atoms with Gasteiger partial charge in [-0.05, 0) is 6.07 Å². The van der Waals surface area contributed by atoms with Crippen LogP contribution in [-0.4, -0.2) is 21.3 Å². The number of nitrogens with zero attached hydrogens (tertiary/aromatic N) is 2. The van der Waals surface area contributed by atoms with Crippen molar-refractivity contribution in [1.82, 2.24) is 9.55 Å². The van der Waals surface area contributed by atoms with Crippen molar-refractivity contribution < 1.29 is 5.11 Å². The molecule has 1 heterocycles. The van der Waals surface area contributed by atoms with Crippen molar-refractivity contribution in [1.29, 1.82) is 0 Å². The maximum Gasteiger partial charge on any atom is 0.151 e. The number of hydrogen-bond donors (Lipinski definition) is 1. The van der Waals surface area contributed by atoms with Crippen LogP contribution in [0.1, 0.15) is 5.69 Å². The fourth-order valence-electron chi connectivity index (χ4n) is 1.76. The Bertz CT molecular complexity index is 539. The van der Waals surface area contributed by atoms with E-state index in [0.717, 1.165) is 21.6 Å². The Balaban J connectivity index is 2.54. The summed E-state index contributed by atoms with van der Waals surface area (Å²) in [6.45, 7) is 0.0641. The van der Waals surface area contributed by atoms with Crippen LogP contribution in [0.5, 0.6) is 0 Å². The lowest BCUT2D eigenvalue weighted by Crippen LogP contribution is -2.01. The molecule has 0 fully saturated rings. The molecule has 1 aromatic heterocycles. The number of aliphatic hydroxyl groups is 1. The lowest BCUT2D eigenvalue weighted by atomic mass is 10.2. The molecule has 5 heteroatoms. The van der Waals surface area contributed by atoms with Gasteiger partial charge in [-0.15, -0.1) is 0 Å². The summed E-state index contributed by atoms with van der Waals surface area (Å²) in [4.78, 5) is 4.35. The van der Waals surface area contributed by atoms with Gasteiger partial charge in [0.05, 0.1) is 5.69 Å². The molecule has 0 bridgehead atoms. The predicted octanol–water partition coefficient (Wildman–Crippen LogP) is 3.04. The van der Waals surface area contributed by atoms with Gasteiger partial charge in [-0.2, -0.15) is 0 Å². The van der Waals surface area contributed by atoms with E-state index in [-0.39, 0.29) is 6.61 Å². The maximum absolute atomic E-state index is 8.99. The predicted molar refractivity (Wildman–Crippen MR) is 72.1 cm³/mol. The van der Waals surface area contributed by atoms with Crippen molar-refractivity contribution in [3.63, 3.8) is 0 Å². The van der Waals surface area contributed by atoms with Crippen LogP contribution in [0.15, 0.2) is 28.7 Å². The molecule has 0 saturated heterocycles. The summed E-state index contributed by atoms with van der Waals surface area (Å²) in [6, 6.07) is 7.84. The van der Waals surface area contributed by atoms with Gasteiger partial charge in [0.25, 0.3) is 0 Å². The van der Waals surface area contributed by atoms with E-state index in [1.807, 2.05) is 35.9 Å². The molecular weight excluding hydrogens is 304 g/mol. The summed E-state index contributed by atoms with van der Waals surface area (Å²) >= 11 is 9.57. The first-order chi connectivity index (χ1) is 8.15. The number of halogens is 2. The Hall–Kier alpha value is -0.840. The summed E-state index contributed by atoms with van der Waals surface area (Å²) in [7, 11) is 1.90. The number of imidazole rings is 1. The molecule has 3 nitrogen and oxygen atoms in total. The highest BCUT2D eigenvalue weighted by molar-refractivity contribution is 9.10. The zero-order chi connectivity index (χ0) is 12.4. The van der Waals surface area contributed by atoms with Crippen molar-refractivity contribution in [3.8, 4) is 11.4 Å². The van der Waals surface area contributed by atoms with E-state index in [2.05, 4.69) is 20.9 Å². The third-order valence-electron chi connectivity index (χ3n) is 2.63. The van der Waals surface area contributed by atoms with Gasteiger partial charge in [-0.25, -0.2) is 4.98 Å². The van der Waals surface area contributed by atoms with Crippen LogP contribution in [0.25, 0.3) is 11.4 Å². The highest BCUT2D eigenvalue weighted by Crippen LogP contribution is 2.30. The summed E-state index contributed by atoms with van der Waals surface area (Å²) < 4.78 is 2.89. The first-order valence-electron chi connectivity index (χ1n) is 5.22. The van der Waals surface area contributed by atoms with Crippen molar-refractivity contribution in [2.24, 2.45) is 7.05 Å². The number of benzene rings is 1. The molecule has 0 aliphatic rings. The van der Waals surface area contributed by atoms with Gasteiger partial charge < -0.3 is 9.67 Å². The van der Waals surface area contributed by atoms with Crippen molar-refractivity contribution in [3.05, 3.63) is 39.6 Å². The van der Waals surface area contributed by atoms with E-state index in [4.69, 9.17) is 16.7 Å². The monoisotopic (exact) mass is 314 g/mol. The normalized spacial score (nSPS) is 10.8. The minimum atomic E-state index is 0.0641. The van der Waals surface area contributed by atoms with E-state index in [0.29, 0.717) is 11.6 Å². The molecule has 0 amide bonds. The topological polar surface area (TPSA) is 38.0 Å². The van der Waals surface area contributed by atoms with E-state index < -0.39 is 0 Å². The van der Waals surface area contributed by atoms with Gasteiger partial charge in [-0.3, -0.25) is 0 Å².